The van der Waals surface area contributed by atoms with Crippen LogP contribution in [-0.4, -0.2) is 40.7 Å². The van der Waals surface area contributed by atoms with Crippen molar-refractivity contribution in [2.75, 3.05) is 0 Å². The summed E-state index contributed by atoms with van der Waals surface area (Å²) in [4.78, 5) is 11.7. The quantitative estimate of drug-likeness (QED) is 0.432. The number of ether oxygens (including phenoxy) is 2. The Bertz CT molecular complexity index is 487. The summed E-state index contributed by atoms with van der Waals surface area (Å²) in [7, 11) is 0. The second-order valence-electron chi connectivity index (χ2n) is 7.18. The van der Waals surface area contributed by atoms with Gasteiger partial charge in [-0.25, -0.2) is 4.79 Å². The van der Waals surface area contributed by atoms with Crippen molar-refractivity contribution in [1.82, 2.24) is 0 Å². The lowest BCUT2D eigenvalue weighted by Gasteiger charge is -2.40. The standard InChI is InChI=1S/C18H29F3O4/c1-6-17(25-13(4)16(5,23)18(19,20)21)10-7-8-14(9-11-17)24-15(22)12(2)3/h13-14,23H,2,6-11H2,1,3-5H3. The summed E-state index contributed by atoms with van der Waals surface area (Å²) < 4.78 is 50.2. The minimum atomic E-state index is -4.77. The van der Waals surface area contributed by atoms with Crippen LogP contribution in [0.1, 0.15) is 66.2 Å². The van der Waals surface area contributed by atoms with Crippen LogP contribution in [0.25, 0.3) is 0 Å². The smallest absolute Gasteiger partial charge is 0.419 e. The van der Waals surface area contributed by atoms with Crippen molar-refractivity contribution < 1.29 is 32.5 Å². The number of rotatable bonds is 6. The van der Waals surface area contributed by atoms with Crippen LogP contribution >= 0.6 is 0 Å². The van der Waals surface area contributed by atoms with Gasteiger partial charge in [-0.3, -0.25) is 0 Å². The molecule has 0 amide bonds. The molecule has 0 aromatic heterocycles. The van der Waals surface area contributed by atoms with Gasteiger partial charge in [0, 0.05) is 5.57 Å². The molecule has 4 unspecified atom stereocenters. The van der Waals surface area contributed by atoms with E-state index in [1.165, 1.54) is 6.92 Å². The highest BCUT2D eigenvalue weighted by atomic mass is 19.4. The zero-order valence-corrected chi connectivity index (χ0v) is 15.4. The molecule has 0 aromatic rings. The van der Waals surface area contributed by atoms with E-state index in [-0.39, 0.29) is 6.10 Å². The molecule has 0 bridgehead atoms. The maximum atomic E-state index is 13.0. The first-order chi connectivity index (χ1) is 11.3. The first kappa shape index (κ1) is 22.0. The zero-order valence-electron chi connectivity index (χ0n) is 15.4. The molecule has 25 heavy (non-hydrogen) atoms. The third kappa shape index (κ3) is 5.45. The van der Waals surface area contributed by atoms with Crippen LogP contribution in [0.3, 0.4) is 0 Å². The summed E-state index contributed by atoms with van der Waals surface area (Å²) in [5, 5.41) is 9.83. The van der Waals surface area contributed by atoms with E-state index in [0.717, 1.165) is 6.92 Å². The number of aliphatic hydroxyl groups is 1. The van der Waals surface area contributed by atoms with Gasteiger partial charge in [0.2, 0.25) is 0 Å². The third-order valence-electron chi connectivity index (χ3n) is 5.14. The normalized spacial score (nSPS) is 28.6. The number of halogens is 3. The van der Waals surface area contributed by atoms with Gasteiger partial charge in [0.05, 0.1) is 11.7 Å². The molecule has 0 saturated heterocycles. The SMILES string of the molecule is C=C(C)C(=O)OC1CCCC(CC)(OC(C)C(C)(O)C(F)(F)F)CC1. The lowest BCUT2D eigenvalue weighted by molar-refractivity contribution is -0.300. The zero-order chi connectivity index (χ0) is 19.5. The molecule has 0 spiro atoms. The molecular weight excluding hydrogens is 337 g/mol. The van der Waals surface area contributed by atoms with Crippen LogP contribution in [0.5, 0.6) is 0 Å². The van der Waals surface area contributed by atoms with Crippen LogP contribution < -0.4 is 0 Å². The number of hydrogen-bond donors (Lipinski definition) is 1. The number of carbonyl (C=O) groups excluding carboxylic acids is 1. The van der Waals surface area contributed by atoms with Crippen LogP contribution in [0.4, 0.5) is 13.2 Å². The highest BCUT2D eigenvalue weighted by molar-refractivity contribution is 5.87. The van der Waals surface area contributed by atoms with Gasteiger partial charge < -0.3 is 14.6 Å². The van der Waals surface area contributed by atoms with Crippen LogP contribution in [0.2, 0.25) is 0 Å². The fourth-order valence-corrected chi connectivity index (χ4v) is 2.99. The van der Waals surface area contributed by atoms with E-state index in [1.807, 2.05) is 6.92 Å². The molecular formula is C18H29F3O4. The first-order valence-electron chi connectivity index (χ1n) is 8.68. The maximum absolute atomic E-state index is 13.0. The van der Waals surface area contributed by atoms with Gasteiger partial charge in [-0.1, -0.05) is 13.5 Å². The molecule has 1 fully saturated rings. The van der Waals surface area contributed by atoms with Gasteiger partial charge in [-0.2, -0.15) is 13.2 Å². The lowest BCUT2D eigenvalue weighted by Crippen LogP contribution is -2.54. The molecule has 1 aliphatic rings. The molecule has 1 N–H and O–H groups in total. The van der Waals surface area contributed by atoms with Gasteiger partial charge in [0.15, 0.2) is 5.60 Å². The molecule has 4 nitrogen and oxygen atoms in total. The summed E-state index contributed by atoms with van der Waals surface area (Å²) in [6.07, 6.45) is -3.11. The number of esters is 1. The maximum Gasteiger partial charge on any atom is 0.419 e. The minimum absolute atomic E-state index is 0.292. The molecule has 146 valence electrons. The van der Waals surface area contributed by atoms with Crippen molar-refractivity contribution in [2.45, 2.75) is 95.8 Å². The average Bonchev–Trinajstić information content (AvgIpc) is 2.69. The summed E-state index contributed by atoms with van der Waals surface area (Å²) in [5.41, 5.74) is -3.37. The van der Waals surface area contributed by atoms with E-state index in [2.05, 4.69) is 6.58 Å². The predicted molar refractivity (Wildman–Crippen MR) is 88.0 cm³/mol. The summed E-state index contributed by atoms with van der Waals surface area (Å²) in [6, 6.07) is 0. The van der Waals surface area contributed by atoms with Crippen LogP contribution in [0, 0.1) is 0 Å². The van der Waals surface area contributed by atoms with E-state index in [4.69, 9.17) is 9.47 Å². The highest BCUT2D eigenvalue weighted by Gasteiger charge is 2.55. The fraction of sp³-hybridized carbons (Fsp3) is 0.833. The second-order valence-corrected chi connectivity index (χ2v) is 7.18. The van der Waals surface area contributed by atoms with E-state index in [9.17, 15) is 23.1 Å². The van der Waals surface area contributed by atoms with Crippen LogP contribution in [0.15, 0.2) is 12.2 Å². The van der Waals surface area contributed by atoms with Gasteiger partial charge >= 0.3 is 12.1 Å². The van der Waals surface area contributed by atoms with Crippen molar-refractivity contribution in [3.05, 3.63) is 12.2 Å². The second kappa shape index (κ2) is 8.08. The molecule has 1 rings (SSSR count). The van der Waals surface area contributed by atoms with Crippen molar-refractivity contribution >= 4 is 5.97 Å². The van der Waals surface area contributed by atoms with Crippen molar-refractivity contribution in [1.29, 1.82) is 0 Å². The predicted octanol–water partition coefficient (Wildman–Crippen LogP) is 4.31. The Morgan fingerprint density at radius 2 is 1.96 bits per heavy atom. The Hall–Kier alpha value is -1.08. The Kier molecular flexibility index (Phi) is 7.10. The summed E-state index contributed by atoms with van der Waals surface area (Å²) in [6.45, 7) is 8.95. The highest BCUT2D eigenvalue weighted by Crippen LogP contribution is 2.40. The van der Waals surface area contributed by atoms with Gasteiger partial charge in [0.25, 0.3) is 0 Å². The minimum Gasteiger partial charge on any atom is -0.459 e. The molecule has 7 heteroatoms. The molecule has 0 heterocycles. The van der Waals surface area contributed by atoms with E-state index < -0.39 is 29.5 Å². The van der Waals surface area contributed by atoms with Gasteiger partial charge in [0.1, 0.15) is 6.10 Å². The Morgan fingerprint density at radius 3 is 2.44 bits per heavy atom. The Labute approximate surface area is 147 Å². The molecule has 0 aliphatic heterocycles. The number of carbonyl (C=O) groups is 1. The number of alkyl halides is 3. The molecule has 1 aliphatic carbocycles. The largest absolute Gasteiger partial charge is 0.459 e. The molecule has 1 saturated carbocycles. The van der Waals surface area contributed by atoms with Crippen LogP contribution in [-0.2, 0) is 14.3 Å². The van der Waals surface area contributed by atoms with Crippen molar-refractivity contribution in [3.8, 4) is 0 Å². The van der Waals surface area contributed by atoms with Gasteiger partial charge in [-0.15, -0.1) is 0 Å². The Morgan fingerprint density at radius 1 is 1.36 bits per heavy atom. The van der Waals surface area contributed by atoms with E-state index in [0.29, 0.717) is 44.1 Å². The first-order valence-corrected chi connectivity index (χ1v) is 8.68. The Balaban J connectivity index is 2.80. The van der Waals surface area contributed by atoms with Crippen molar-refractivity contribution in [3.63, 3.8) is 0 Å². The van der Waals surface area contributed by atoms with E-state index in [1.54, 1.807) is 6.92 Å². The van der Waals surface area contributed by atoms with Crippen molar-refractivity contribution in [2.24, 2.45) is 0 Å². The number of hydrogen-bond acceptors (Lipinski definition) is 4. The van der Waals surface area contributed by atoms with E-state index >= 15 is 0 Å². The topological polar surface area (TPSA) is 55.8 Å². The fourth-order valence-electron chi connectivity index (χ4n) is 2.99. The molecule has 0 aromatic carbocycles. The van der Waals surface area contributed by atoms with Gasteiger partial charge in [-0.05, 0) is 59.3 Å². The monoisotopic (exact) mass is 366 g/mol. The lowest BCUT2D eigenvalue weighted by atomic mass is 9.89. The molecule has 4 atom stereocenters. The summed E-state index contributed by atoms with van der Waals surface area (Å²) in [5.74, 6) is -0.455. The molecule has 0 radical (unpaired) electrons. The average molecular weight is 366 g/mol. The third-order valence-corrected chi connectivity index (χ3v) is 5.14. The summed E-state index contributed by atoms with van der Waals surface area (Å²) >= 11 is 0.